The van der Waals surface area contributed by atoms with Crippen LogP contribution < -0.4 is 0 Å². The van der Waals surface area contributed by atoms with Gasteiger partial charge in [0.1, 0.15) is 5.69 Å². The Hall–Kier alpha value is -2.03. The minimum absolute atomic E-state index is 0.427. The molecule has 15 heavy (non-hydrogen) atoms. The fourth-order valence-electron chi connectivity index (χ4n) is 1.35. The molecule has 0 aliphatic heterocycles. The maximum Gasteiger partial charge on any atom is 0.168 e. The number of aldehydes is 1. The van der Waals surface area contributed by atoms with E-state index < -0.39 is 0 Å². The molecule has 0 aliphatic rings. The average molecular weight is 198 g/mol. The van der Waals surface area contributed by atoms with Gasteiger partial charge in [0.15, 0.2) is 6.29 Å². The minimum Gasteiger partial charge on any atom is -0.296 e. The van der Waals surface area contributed by atoms with Crippen LogP contribution in [-0.2, 0) is 0 Å². The number of carbonyl (C=O) groups excluding carboxylic acids is 1. The number of hydrogen-bond acceptors (Lipinski definition) is 3. The highest BCUT2D eigenvalue weighted by molar-refractivity contribution is 5.73. The molecule has 0 saturated carbocycles. The first-order valence-corrected chi connectivity index (χ1v) is 4.66. The molecule has 74 valence electrons. The zero-order valence-corrected chi connectivity index (χ0v) is 8.34. The quantitative estimate of drug-likeness (QED) is 0.695. The second kappa shape index (κ2) is 4.00. The van der Waals surface area contributed by atoms with Gasteiger partial charge in [0.05, 0.1) is 11.4 Å². The summed E-state index contributed by atoms with van der Waals surface area (Å²) in [5, 5.41) is 0. The summed E-state index contributed by atoms with van der Waals surface area (Å²) in [5.74, 6) is 0. The normalized spacial score (nSPS) is 9.93. The number of hydrogen-bond donors (Lipinski definition) is 0. The highest BCUT2D eigenvalue weighted by Gasteiger charge is 2.01. The van der Waals surface area contributed by atoms with E-state index in [9.17, 15) is 4.79 Å². The van der Waals surface area contributed by atoms with Crippen molar-refractivity contribution in [3.63, 3.8) is 0 Å². The molecule has 2 aromatic heterocycles. The third kappa shape index (κ3) is 2.07. The van der Waals surface area contributed by atoms with E-state index in [0.717, 1.165) is 23.4 Å². The molecule has 0 aliphatic carbocycles. The molecule has 0 N–H and O–H groups in total. The summed E-state index contributed by atoms with van der Waals surface area (Å²) in [6.07, 6.45) is 0.735. The van der Waals surface area contributed by atoms with Gasteiger partial charge in [-0.1, -0.05) is 12.1 Å². The molecule has 2 aromatic rings. The van der Waals surface area contributed by atoms with Gasteiger partial charge < -0.3 is 0 Å². The number of carbonyl (C=O) groups is 1. The van der Waals surface area contributed by atoms with Gasteiger partial charge in [-0.25, -0.2) is 4.98 Å². The van der Waals surface area contributed by atoms with E-state index in [-0.39, 0.29) is 0 Å². The largest absolute Gasteiger partial charge is 0.296 e. The molecule has 0 unspecified atom stereocenters. The maximum absolute atomic E-state index is 10.6. The number of aromatic nitrogens is 2. The van der Waals surface area contributed by atoms with Crippen molar-refractivity contribution in [2.24, 2.45) is 0 Å². The van der Waals surface area contributed by atoms with Crippen molar-refractivity contribution in [2.75, 3.05) is 0 Å². The number of nitrogens with zero attached hydrogens (tertiary/aromatic N) is 2. The summed E-state index contributed by atoms with van der Waals surface area (Å²) in [7, 11) is 0. The first-order valence-electron chi connectivity index (χ1n) is 4.66. The first kappa shape index (κ1) is 9.52. The van der Waals surface area contributed by atoms with E-state index in [2.05, 4.69) is 9.97 Å². The fourth-order valence-corrected chi connectivity index (χ4v) is 1.35. The van der Waals surface area contributed by atoms with E-state index in [4.69, 9.17) is 0 Å². The molecule has 0 amide bonds. The molecular weight excluding hydrogens is 188 g/mol. The Balaban J connectivity index is 2.49. The molecule has 0 fully saturated rings. The van der Waals surface area contributed by atoms with Gasteiger partial charge >= 0.3 is 0 Å². The van der Waals surface area contributed by atoms with Gasteiger partial charge in [-0.3, -0.25) is 9.78 Å². The predicted molar refractivity (Wildman–Crippen MR) is 57.6 cm³/mol. The van der Waals surface area contributed by atoms with Gasteiger partial charge in [0, 0.05) is 5.69 Å². The molecular formula is C12H10N2O. The van der Waals surface area contributed by atoms with Crippen molar-refractivity contribution in [3.05, 3.63) is 47.8 Å². The Bertz CT molecular complexity index is 494. The van der Waals surface area contributed by atoms with Gasteiger partial charge in [-0.05, 0) is 31.2 Å². The molecule has 0 spiro atoms. The molecule has 0 saturated heterocycles. The van der Waals surface area contributed by atoms with Crippen LogP contribution in [0.3, 0.4) is 0 Å². The summed E-state index contributed by atoms with van der Waals surface area (Å²) < 4.78 is 0. The van der Waals surface area contributed by atoms with Crippen molar-refractivity contribution < 1.29 is 4.79 Å². The molecule has 0 radical (unpaired) electrons. The lowest BCUT2D eigenvalue weighted by molar-refractivity contribution is 0.111. The van der Waals surface area contributed by atoms with E-state index in [0.29, 0.717) is 5.69 Å². The molecule has 0 bridgehead atoms. The number of pyridine rings is 2. The fraction of sp³-hybridized carbons (Fsp3) is 0.0833. The van der Waals surface area contributed by atoms with Crippen molar-refractivity contribution in [1.29, 1.82) is 0 Å². The SMILES string of the molecule is Cc1cccc(-c2cccc(C=O)n2)n1. The first-order chi connectivity index (χ1) is 7.29. The van der Waals surface area contributed by atoms with Crippen LogP contribution in [0.25, 0.3) is 11.4 Å². The van der Waals surface area contributed by atoms with Crippen LogP contribution in [0.1, 0.15) is 16.2 Å². The molecule has 2 heterocycles. The molecule has 2 rings (SSSR count). The molecule has 3 nitrogen and oxygen atoms in total. The zero-order chi connectivity index (χ0) is 10.7. The van der Waals surface area contributed by atoms with Crippen LogP contribution in [0.15, 0.2) is 36.4 Å². The topological polar surface area (TPSA) is 42.9 Å². The van der Waals surface area contributed by atoms with E-state index >= 15 is 0 Å². The number of rotatable bonds is 2. The lowest BCUT2D eigenvalue weighted by Crippen LogP contribution is -1.92. The average Bonchev–Trinajstić information content (AvgIpc) is 2.29. The Morgan fingerprint density at radius 1 is 1.00 bits per heavy atom. The Morgan fingerprint density at radius 2 is 1.67 bits per heavy atom. The van der Waals surface area contributed by atoms with Crippen molar-refractivity contribution in [3.8, 4) is 11.4 Å². The molecule has 0 aromatic carbocycles. The smallest absolute Gasteiger partial charge is 0.168 e. The third-order valence-electron chi connectivity index (χ3n) is 2.04. The highest BCUT2D eigenvalue weighted by atomic mass is 16.1. The minimum atomic E-state index is 0.427. The summed E-state index contributed by atoms with van der Waals surface area (Å²) in [5.41, 5.74) is 2.88. The lowest BCUT2D eigenvalue weighted by atomic mass is 10.2. The third-order valence-corrected chi connectivity index (χ3v) is 2.04. The van der Waals surface area contributed by atoms with Crippen LogP contribution in [0.5, 0.6) is 0 Å². The predicted octanol–water partition coefficient (Wildman–Crippen LogP) is 2.26. The van der Waals surface area contributed by atoms with Crippen molar-refractivity contribution in [1.82, 2.24) is 9.97 Å². The maximum atomic E-state index is 10.6. The van der Waals surface area contributed by atoms with Gasteiger partial charge in [-0.2, -0.15) is 0 Å². The standard InChI is InChI=1S/C12H10N2O/c1-9-4-2-6-11(13-9)12-7-3-5-10(8-15)14-12/h2-8H,1H3. The molecule has 3 heteroatoms. The summed E-state index contributed by atoms with van der Waals surface area (Å²) in [6, 6.07) is 11.0. The Labute approximate surface area is 87.8 Å². The lowest BCUT2D eigenvalue weighted by Gasteiger charge is -2.01. The highest BCUT2D eigenvalue weighted by Crippen LogP contribution is 2.14. The Morgan fingerprint density at radius 3 is 2.33 bits per heavy atom. The summed E-state index contributed by atoms with van der Waals surface area (Å²) in [4.78, 5) is 19.1. The van der Waals surface area contributed by atoms with Crippen LogP contribution in [0, 0.1) is 6.92 Å². The van der Waals surface area contributed by atoms with Crippen LogP contribution in [0.2, 0.25) is 0 Å². The van der Waals surface area contributed by atoms with Crippen molar-refractivity contribution in [2.45, 2.75) is 6.92 Å². The van der Waals surface area contributed by atoms with Gasteiger partial charge in [-0.15, -0.1) is 0 Å². The van der Waals surface area contributed by atoms with Gasteiger partial charge in [0.2, 0.25) is 0 Å². The number of aryl methyl sites for hydroxylation is 1. The second-order valence-corrected chi connectivity index (χ2v) is 3.23. The van der Waals surface area contributed by atoms with E-state index in [1.165, 1.54) is 0 Å². The van der Waals surface area contributed by atoms with Crippen LogP contribution in [0.4, 0.5) is 0 Å². The summed E-state index contributed by atoms with van der Waals surface area (Å²) in [6.45, 7) is 1.92. The monoisotopic (exact) mass is 198 g/mol. The van der Waals surface area contributed by atoms with Crippen molar-refractivity contribution >= 4 is 6.29 Å². The van der Waals surface area contributed by atoms with Gasteiger partial charge in [0.25, 0.3) is 0 Å². The van der Waals surface area contributed by atoms with E-state index in [1.807, 2.05) is 31.2 Å². The van der Waals surface area contributed by atoms with Crippen LogP contribution in [-0.4, -0.2) is 16.3 Å². The second-order valence-electron chi connectivity index (χ2n) is 3.23. The zero-order valence-electron chi connectivity index (χ0n) is 8.34. The Kier molecular flexibility index (Phi) is 2.54. The molecule has 0 atom stereocenters. The van der Waals surface area contributed by atoms with E-state index in [1.54, 1.807) is 12.1 Å². The summed E-state index contributed by atoms with van der Waals surface area (Å²) >= 11 is 0. The van der Waals surface area contributed by atoms with Crippen LogP contribution >= 0.6 is 0 Å².